The monoisotopic (exact) mass is 666 g/mol. The van der Waals surface area contributed by atoms with Crippen molar-refractivity contribution < 1.29 is 31.8 Å². The SMILES string of the molecule is CC(C)C1CCC(O)(CC(C[C@H]2CC[C@H]3[C@@H]4CCC5C[C@](O)(C(F)(F)F)CC[C@]5(C)C4CC[C@]23C)S(=O)(=O)c2ccccc2)CC1. The maximum Gasteiger partial charge on any atom is 0.417 e. The number of fused-ring (bicyclic) bond motifs is 5. The van der Waals surface area contributed by atoms with Gasteiger partial charge in [-0.3, -0.25) is 0 Å². The predicted octanol–water partition coefficient (Wildman–Crippen LogP) is 9.14. The maximum absolute atomic E-state index is 14.3. The molecule has 1 aromatic carbocycles. The first kappa shape index (κ1) is 34.7. The summed E-state index contributed by atoms with van der Waals surface area (Å²) in [6.07, 6.45) is 4.96. The molecule has 2 N–H and O–H groups in total. The maximum atomic E-state index is 14.3. The molecule has 5 aliphatic rings. The van der Waals surface area contributed by atoms with Crippen LogP contribution in [0.25, 0.3) is 0 Å². The number of alkyl halides is 3. The Morgan fingerprint density at radius 3 is 2.11 bits per heavy atom. The summed E-state index contributed by atoms with van der Waals surface area (Å²) < 4.78 is 70.1. The third-order valence-electron chi connectivity index (χ3n) is 15.0. The summed E-state index contributed by atoms with van der Waals surface area (Å²) in [6, 6.07) is 8.77. The van der Waals surface area contributed by atoms with E-state index in [-0.39, 0.29) is 41.9 Å². The van der Waals surface area contributed by atoms with E-state index in [0.717, 1.165) is 51.4 Å². The van der Waals surface area contributed by atoms with E-state index in [2.05, 4.69) is 27.7 Å². The van der Waals surface area contributed by atoms with Crippen molar-refractivity contribution in [2.45, 2.75) is 152 Å². The van der Waals surface area contributed by atoms with Gasteiger partial charge < -0.3 is 10.2 Å². The van der Waals surface area contributed by atoms with Crippen LogP contribution in [-0.2, 0) is 9.84 Å². The first-order chi connectivity index (χ1) is 21.4. The van der Waals surface area contributed by atoms with Gasteiger partial charge in [-0.15, -0.1) is 0 Å². The Bertz CT molecular complexity index is 1340. The second-order valence-corrected chi connectivity index (χ2v) is 19.7. The molecule has 6 rings (SSSR count). The minimum Gasteiger partial charge on any atom is -0.390 e. The summed E-state index contributed by atoms with van der Waals surface area (Å²) in [5.41, 5.74) is -3.75. The van der Waals surface area contributed by atoms with Crippen LogP contribution in [0.4, 0.5) is 13.2 Å². The Labute approximate surface area is 275 Å². The van der Waals surface area contributed by atoms with Crippen LogP contribution in [0.15, 0.2) is 35.2 Å². The zero-order chi connectivity index (χ0) is 33.3. The van der Waals surface area contributed by atoms with Crippen molar-refractivity contribution in [1.82, 2.24) is 0 Å². The minimum absolute atomic E-state index is 0.0197. The lowest BCUT2D eigenvalue weighted by molar-refractivity contribution is -0.290. The van der Waals surface area contributed by atoms with Crippen LogP contribution in [-0.4, -0.2) is 41.3 Å². The van der Waals surface area contributed by atoms with E-state index in [0.29, 0.717) is 60.2 Å². The van der Waals surface area contributed by atoms with Gasteiger partial charge in [0.15, 0.2) is 15.4 Å². The van der Waals surface area contributed by atoms with Crippen molar-refractivity contribution in [2.75, 3.05) is 0 Å². The predicted molar refractivity (Wildman–Crippen MR) is 175 cm³/mol. The van der Waals surface area contributed by atoms with Gasteiger partial charge in [-0.1, -0.05) is 45.9 Å². The number of aliphatic hydroxyl groups is 2. The van der Waals surface area contributed by atoms with Gasteiger partial charge in [0.1, 0.15) is 0 Å². The highest BCUT2D eigenvalue weighted by Crippen LogP contribution is 2.69. The Kier molecular flexibility index (Phi) is 9.09. The largest absolute Gasteiger partial charge is 0.417 e. The normalized spacial score (nSPS) is 43.9. The molecule has 0 spiro atoms. The molecule has 0 aromatic heterocycles. The van der Waals surface area contributed by atoms with Crippen molar-refractivity contribution >= 4 is 9.84 Å². The third-order valence-corrected chi connectivity index (χ3v) is 17.2. The van der Waals surface area contributed by atoms with Crippen molar-refractivity contribution in [3.8, 4) is 0 Å². The molecule has 46 heavy (non-hydrogen) atoms. The molecule has 5 fully saturated rings. The van der Waals surface area contributed by atoms with Gasteiger partial charge in [0.25, 0.3) is 0 Å². The zero-order valence-corrected chi connectivity index (χ0v) is 29.2. The lowest BCUT2D eigenvalue weighted by Crippen LogP contribution is -2.59. The van der Waals surface area contributed by atoms with Gasteiger partial charge in [-0.2, -0.15) is 13.2 Å². The molecule has 9 atom stereocenters. The van der Waals surface area contributed by atoms with Gasteiger partial charge in [-0.05, 0) is 161 Å². The molecule has 0 radical (unpaired) electrons. The molecule has 3 unspecified atom stereocenters. The second-order valence-electron chi connectivity index (χ2n) is 17.4. The topological polar surface area (TPSA) is 74.6 Å². The first-order valence-corrected chi connectivity index (χ1v) is 19.8. The number of benzene rings is 1. The molecule has 0 amide bonds. The average Bonchev–Trinajstić information content (AvgIpc) is 3.33. The molecule has 4 nitrogen and oxygen atoms in total. The van der Waals surface area contributed by atoms with E-state index in [1.807, 2.05) is 6.07 Å². The fourth-order valence-corrected chi connectivity index (χ4v) is 13.8. The molecule has 1 aromatic rings. The molecule has 0 bridgehead atoms. The number of hydrogen-bond donors (Lipinski definition) is 2. The van der Waals surface area contributed by atoms with Crippen LogP contribution < -0.4 is 0 Å². The van der Waals surface area contributed by atoms with Gasteiger partial charge in [0.2, 0.25) is 0 Å². The molecule has 0 aliphatic heterocycles. The summed E-state index contributed by atoms with van der Waals surface area (Å²) in [5, 5.41) is 21.8. The number of sulfone groups is 1. The van der Waals surface area contributed by atoms with Crippen molar-refractivity contribution in [3.05, 3.63) is 30.3 Å². The molecular weight excluding hydrogens is 609 g/mol. The molecule has 5 saturated carbocycles. The Morgan fingerprint density at radius 2 is 1.48 bits per heavy atom. The zero-order valence-electron chi connectivity index (χ0n) is 28.4. The number of hydrogen-bond acceptors (Lipinski definition) is 4. The highest BCUT2D eigenvalue weighted by molar-refractivity contribution is 7.92. The molecule has 8 heteroatoms. The highest BCUT2D eigenvalue weighted by Gasteiger charge is 2.65. The van der Waals surface area contributed by atoms with Crippen LogP contribution in [0, 0.1) is 52.3 Å². The lowest BCUT2D eigenvalue weighted by Gasteiger charge is -2.62. The fourth-order valence-electron chi connectivity index (χ4n) is 11.9. The highest BCUT2D eigenvalue weighted by atomic mass is 32.2. The lowest BCUT2D eigenvalue weighted by atomic mass is 9.43. The van der Waals surface area contributed by atoms with Gasteiger partial charge in [0.05, 0.1) is 15.7 Å². The third kappa shape index (κ3) is 5.90. The quantitative estimate of drug-likeness (QED) is 0.305. The first-order valence-electron chi connectivity index (χ1n) is 18.2. The van der Waals surface area contributed by atoms with Crippen LogP contribution in [0.2, 0.25) is 0 Å². The second kappa shape index (κ2) is 12.0. The molecular formula is C38H57F3O4S. The number of halogens is 3. The fraction of sp³-hybridized carbons (Fsp3) is 0.842. The van der Waals surface area contributed by atoms with E-state index < -0.39 is 32.5 Å². The smallest absolute Gasteiger partial charge is 0.390 e. The molecule has 5 aliphatic carbocycles. The summed E-state index contributed by atoms with van der Waals surface area (Å²) in [4.78, 5) is 0.338. The summed E-state index contributed by atoms with van der Waals surface area (Å²) in [5.74, 6) is 2.44. The van der Waals surface area contributed by atoms with Crippen molar-refractivity contribution in [3.63, 3.8) is 0 Å². The Morgan fingerprint density at radius 1 is 0.826 bits per heavy atom. The standard InChI is InChI=1S/C38H57F3O4S/c1-25(2)26-14-18-36(42,19-15-26)24-30(46(44,45)29-8-6-5-7-9-29)22-27-11-13-32-31-12-10-28-23-37(43,38(39,40)41)21-20-35(28,4)33(31)16-17-34(27,32)3/h5-9,25-28,30-33,42-43H,10-24H2,1-4H3/t26?,27-,28?,30?,31+,32+,33?,34-,35+,36?,37+/m1/s1. The molecule has 0 saturated heterocycles. The van der Waals surface area contributed by atoms with Crippen molar-refractivity contribution in [1.29, 1.82) is 0 Å². The average molecular weight is 667 g/mol. The van der Waals surface area contributed by atoms with Crippen LogP contribution in [0.3, 0.4) is 0 Å². The van der Waals surface area contributed by atoms with Crippen molar-refractivity contribution in [2.24, 2.45) is 52.3 Å². The molecule has 260 valence electrons. The van der Waals surface area contributed by atoms with Gasteiger partial charge >= 0.3 is 6.18 Å². The summed E-state index contributed by atoms with van der Waals surface area (Å²) >= 11 is 0. The van der Waals surface area contributed by atoms with E-state index in [1.165, 1.54) is 0 Å². The summed E-state index contributed by atoms with van der Waals surface area (Å²) in [6.45, 7) is 9.04. The molecule has 0 heterocycles. The van der Waals surface area contributed by atoms with Crippen LogP contribution >= 0.6 is 0 Å². The Hall–Kier alpha value is -1.12. The van der Waals surface area contributed by atoms with Gasteiger partial charge in [0, 0.05) is 0 Å². The van der Waals surface area contributed by atoms with Gasteiger partial charge in [-0.25, -0.2) is 8.42 Å². The van der Waals surface area contributed by atoms with Crippen LogP contribution in [0.5, 0.6) is 0 Å². The summed E-state index contributed by atoms with van der Waals surface area (Å²) in [7, 11) is -3.67. The van der Waals surface area contributed by atoms with Crippen LogP contribution in [0.1, 0.15) is 124 Å². The van der Waals surface area contributed by atoms with E-state index in [4.69, 9.17) is 0 Å². The van der Waals surface area contributed by atoms with E-state index in [9.17, 15) is 31.8 Å². The minimum atomic E-state index is -4.59. The Balaban J connectivity index is 1.22. The van der Waals surface area contributed by atoms with E-state index >= 15 is 0 Å². The number of rotatable bonds is 7. The van der Waals surface area contributed by atoms with E-state index in [1.54, 1.807) is 24.3 Å².